The second-order valence-electron chi connectivity index (χ2n) is 13.6. The molecule has 5 N–H and O–H groups in total. The van der Waals surface area contributed by atoms with E-state index in [1.807, 2.05) is 0 Å². The van der Waals surface area contributed by atoms with Crippen LogP contribution in [-0.4, -0.2) is 43.9 Å². The van der Waals surface area contributed by atoms with E-state index in [9.17, 15) is 44.1 Å². The van der Waals surface area contributed by atoms with Gasteiger partial charge in [-0.25, -0.2) is 0 Å². The van der Waals surface area contributed by atoms with E-state index in [2.05, 4.69) is 16.0 Å². The van der Waals surface area contributed by atoms with Crippen LogP contribution in [-0.2, 0) is 0 Å². The molecule has 0 unspecified atom stereocenters. The van der Waals surface area contributed by atoms with Crippen LogP contribution in [0.15, 0.2) is 64.6 Å². The van der Waals surface area contributed by atoms with Crippen LogP contribution in [0.5, 0.6) is 17.2 Å². The number of nitrogens with one attached hydrogen (secondary N) is 3. The first kappa shape index (κ1) is 36.2. The van der Waals surface area contributed by atoms with Gasteiger partial charge in [-0.3, -0.25) is 28.8 Å². The van der Waals surface area contributed by atoms with Gasteiger partial charge in [0.1, 0.15) is 0 Å². The summed E-state index contributed by atoms with van der Waals surface area (Å²) in [5.41, 5.74) is 1.10. The van der Waals surface area contributed by atoms with Crippen molar-refractivity contribution >= 4 is 17.7 Å². The zero-order valence-electron chi connectivity index (χ0n) is 25.9. The van der Waals surface area contributed by atoms with Crippen LogP contribution in [0.1, 0.15) is 70.2 Å². The zero-order chi connectivity index (χ0) is 34.5. The van der Waals surface area contributed by atoms with E-state index >= 15 is 0 Å². The van der Waals surface area contributed by atoms with Gasteiger partial charge in [0, 0.05) is 37.8 Å². The Kier molecular flexibility index (Phi) is 9.86. The molecule has 16 nitrogen and oxygen atoms in total. The quantitative estimate of drug-likeness (QED) is 0.184. The largest absolute Gasteiger partial charge is 3.00 e. The van der Waals surface area contributed by atoms with Crippen LogP contribution in [0.2, 0.25) is 0 Å². The van der Waals surface area contributed by atoms with Crippen LogP contribution < -0.4 is 53.3 Å². The third kappa shape index (κ3) is 6.76. The van der Waals surface area contributed by atoms with E-state index in [0.717, 1.165) is 37.0 Å². The Morgan fingerprint density at radius 3 is 1.10 bits per heavy atom. The summed E-state index contributed by atoms with van der Waals surface area (Å²) >= 11 is 0. The van der Waals surface area contributed by atoms with Gasteiger partial charge in [-0.1, -0.05) is 0 Å². The first-order chi connectivity index (χ1) is 22.7. The number of carbonyl (C=O) groups is 3. The zero-order valence-corrected chi connectivity index (χ0v) is 28.1. The minimum Gasteiger partial charge on any atom is -0.867 e. The summed E-state index contributed by atoms with van der Waals surface area (Å²) in [7, 11) is 0. The minimum atomic E-state index is -1.09. The minimum absolute atomic E-state index is 0. The molecule has 4 bridgehead atoms. The molecule has 0 aliphatic heterocycles. The van der Waals surface area contributed by atoms with Crippen molar-refractivity contribution in [3.63, 3.8) is 0 Å². The van der Waals surface area contributed by atoms with Gasteiger partial charge in [0.05, 0.1) is 18.8 Å². The molecule has 1 radical (unpaired) electrons. The van der Waals surface area contributed by atoms with E-state index in [1.165, 1.54) is 0 Å². The molecular formula is C32H31GdN4O12. The molecule has 3 amide bonds. The number of amides is 3. The van der Waals surface area contributed by atoms with Crippen LogP contribution >= 0.6 is 0 Å². The second-order valence-corrected chi connectivity index (χ2v) is 13.6. The Morgan fingerprint density at radius 1 is 0.571 bits per heavy atom. The van der Waals surface area contributed by atoms with Crippen molar-refractivity contribution in [1.29, 1.82) is 0 Å². The molecule has 0 spiro atoms. The van der Waals surface area contributed by atoms with Crippen LogP contribution in [0.4, 0.5) is 0 Å². The summed E-state index contributed by atoms with van der Waals surface area (Å²) in [5, 5.41) is 45.1. The Hall–Kier alpha value is -4.06. The standard InChI is InChI=1S/C32H34N4O12.Gd/c33-13-29-7-30(14-34-26(43)23-20(40)17(37)1-4-46-23)10-31(8-29,15-35-27(44)24-21(41)18(38)2-5-47-24)12-32(9-29,11-30)16-36-28(45)25-22(42)19(39)3-6-48-25;/h1-6,40-42H,7-16,33H2,(H,34,43)(H,35,44)(H,36,45);/q;+3/p-3. The molecule has 49 heavy (non-hydrogen) atoms. The summed E-state index contributed by atoms with van der Waals surface area (Å²) in [6.45, 7) is 0.275. The maximum absolute atomic E-state index is 13.1. The number of carbonyl (C=O) groups excluding carboxylic acids is 3. The van der Waals surface area contributed by atoms with Crippen molar-refractivity contribution in [2.24, 2.45) is 27.4 Å². The van der Waals surface area contributed by atoms with Gasteiger partial charge in [0.15, 0.2) is 33.6 Å². The molecule has 3 aromatic rings. The van der Waals surface area contributed by atoms with Crippen molar-refractivity contribution in [1.82, 2.24) is 16.0 Å². The molecule has 0 aromatic carbocycles. The SMILES string of the molecule is NCC12CC3(CNC(=O)c4occc(=O)c4[O-])CC(CNC(=O)c4occc(=O)c4[O-])(C1)CC(CNC(=O)c1occc(=O)c1[O-])(C2)C3.[Gd+3]. The molecule has 4 saturated carbocycles. The molecule has 3 heterocycles. The van der Waals surface area contributed by atoms with Gasteiger partial charge in [-0.05, 0) is 84.0 Å². The van der Waals surface area contributed by atoms with Gasteiger partial charge in [0.25, 0.3) is 17.7 Å². The van der Waals surface area contributed by atoms with Crippen molar-refractivity contribution in [3.05, 3.63) is 84.9 Å². The normalized spacial score (nSPS) is 26.4. The van der Waals surface area contributed by atoms with Crippen molar-refractivity contribution in [2.75, 3.05) is 26.2 Å². The van der Waals surface area contributed by atoms with Crippen molar-refractivity contribution < 1.29 is 82.9 Å². The summed E-state index contributed by atoms with van der Waals surface area (Å²) < 4.78 is 15.1. The number of hydrogen-bond acceptors (Lipinski definition) is 13. The van der Waals surface area contributed by atoms with Crippen LogP contribution in [0.3, 0.4) is 0 Å². The van der Waals surface area contributed by atoms with E-state index in [4.69, 9.17) is 19.0 Å². The Bertz CT molecular complexity index is 1760. The third-order valence-electron chi connectivity index (χ3n) is 9.93. The topological polar surface area (TPSA) is 273 Å². The smallest absolute Gasteiger partial charge is 0.867 e. The Morgan fingerprint density at radius 2 is 0.837 bits per heavy atom. The fraction of sp³-hybridized carbons (Fsp3) is 0.438. The predicted molar refractivity (Wildman–Crippen MR) is 157 cm³/mol. The van der Waals surface area contributed by atoms with Crippen molar-refractivity contribution in [2.45, 2.75) is 38.5 Å². The number of rotatable bonds is 10. The molecule has 7 rings (SSSR count). The molecular weight excluding hydrogens is 790 g/mol. The third-order valence-corrected chi connectivity index (χ3v) is 9.93. The molecule has 0 atom stereocenters. The van der Waals surface area contributed by atoms with Gasteiger partial charge in [-0.15, -0.1) is 0 Å². The van der Waals surface area contributed by atoms with E-state index in [0.29, 0.717) is 38.5 Å². The van der Waals surface area contributed by atoms with Gasteiger partial charge < -0.3 is 50.3 Å². The maximum atomic E-state index is 13.1. The summed E-state index contributed by atoms with van der Waals surface area (Å²) in [6.07, 6.45) is 5.82. The predicted octanol–water partition coefficient (Wildman–Crippen LogP) is -1.36. The molecule has 4 aliphatic carbocycles. The molecule has 4 aliphatic rings. The van der Waals surface area contributed by atoms with E-state index < -0.39 is 90.2 Å². The first-order valence-electron chi connectivity index (χ1n) is 15.1. The first-order valence-corrected chi connectivity index (χ1v) is 15.1. The van der Waals surface area contributed by atoms with Crippen molar-refractivity contribution in [3.8, 4) is 17.2 Å². The fourth-order valence-electron chi connectivity index (χ4n) is 9.03. The van der Waals surface area contributed by atoms with Gasteiger partial charge >= 0.3 is 39.9 Å². The Balaban J connectivity index is 0.00000468. The second kappa shape index (κ2) is 13.3. The molecule has 17 heteroatoms. The summed E-state index contributed by atoms with van der Waals surface area (Å²) in [6, 6.07) is 2.73. The van der Waals surface area contributed by atoms with E-state index in [-0.39, 0.29) is 66.1 Å². The van der Waals surface area contributed by atoms with Crippen LogP contribution in [0, 0.1) is 61.6 Å². The average molecular weight is 821 g/mol. The van der Waals surface area contributed by atoms with Crippen LogP contribution in [0.25, 0.3) is 0 Å². The molecule has 4 fully saturated rings. The van der Waals surface area contributed by atoms with E-state index in [1.54, 1.807) is 0 Å². The molecule has 3 aromatic heterocycles. The average Bonchev–Trinajstić information content (AvgIpc) is 3.05. The number of hydrogen-bond donors (Lipinski definition) is 4. The van der Waals surface area contributed by atoms with Gasteiger partial charge in [0.2, 0.25) is 0 Å². The van der Waals surface area contributed by atoms with Gasteiger partial charge in [-0.2, -0.15) is 0 Å². The monoisotopic (exact) mass is 821 g/mol. The molecule has 259 valence electrons. The summed E-state index contributed by atoms with van der Waals surface area (Å²) in [4.78, 5) is 74.8. The molecule has 0 saturated heterocycles. The summed E-state index contributed by atoms with van der Waals surface area (Å²) in [5.74, 6) is -7.92. The number of nitrogens with two attached hydrogens (primary N) is 1. The maximum Gasteiger partial charge on any atom is 3.00 e. The fourth-order valence-corrected chi connectivity index (χ4v) is 9.03. The Labute approximate surface area is 309 Å².